The fraction of sp³-hybridized carbons (Fsp3) is 0.556. The lowest BCUT2D eigenvalue weighted by Crippen LogP contribution is -2.44. The van der Waals surface area contributed by atoms with Crippen LogP contribution in [0, 0.1) is 5.92 Å². The fourth-order valence-electron chi connectivity index (χ4n) is 2.64. The molecular weight excluding hydrogens is 351 g/mol. The first-order chi connectivity index (χ1) is 12.0. The Balaban J connectivity index is 2.10. The molecule has 5 nitrogen and oxygen atoms in total. The average molecular weight is 373 g/mol. The summed E-state index contributed by atoms with van der Waals surface area (Å²) in [7, 11) is 0. The summed E-state index contributed by atoms with van der Waals surface area (Å²) in [6.45, 7) is 4.11. The standard InChI is InChI=1S/C18H22F3NO4/c1-17(2,3)26-16(24)22-10-13(18(19,20)21)9-14(22)15(23)25-11-12-7-5-4-6-8-12/h4-8,13-14H,9-11H2,1-3H3. The number of hydrogen-bond acceptors (Lipinski definition) is 4. The van der Waals surface area contributed by atoms with Crippen LogP contribution in [0.25, 0.3) is 0 Å². The number of rotatable bonds is 3. The Morgan fingerprint density at radius 2 is 1.77 bits per heavy atom. The zero-order valence-corrected chi connectivity index (χ0v) is 14.9. The van der Waals surface area contributed by atoms with Crippen LogP contribution in [0.15, 0.2) is 30.3 Å². The molecule has 1 fully saturated rings. The van der Waals surface area contributed by atoms with Crippen molar-refractivity contribution < 1.29 is 32.2 Å². The summed E-state index contributed by atoms with van der Waals surface area (Å²) in [5.74, 6) is -2.66. The van der Waals surface area contributed by atoms with Gasteiger partial charge in [-0.15, -0.1) is 0 Å². The predicted octanol–water partition coefficient (Wildman–Crippen LogP) is 3.92. The Hall–Kier alpha value is -2.25. The second kappa shape index (κ2) is 7.55. The van der Waals surface area contributed by atoms with E-state index in [-0.39, 0.29) is 6.61 Å². The van der Waals surface area contributed by atoms with E-state index in [1.807, 2.05) is 0 Å². The first-order valence-corrected chi connectivity index (χ1v) is 8.24. The molecule has 1 heterocycles. The zero-order valence-electron chi connectivity index (χ0n) is 14.9. The summed E-state index contributed by atoms with van der Waals surface area (Å²) in [4.78, 5) is 25.4. The van der Waals surface area contributed by atoms with Gasteiger partial charge in [-0.1, -0.05) is 30.3 Å². The minimum atomic E-state index is -4.51. The van der Waals surface area contributed by atoms with Crippen molar-refractivity contribution in [3.8, 4) is 0 Å². The number of alkyl halides is 3. The topological polar surface area (TPSA) is 55.8 Å². The molecule has 1 aliphatic heterocycles. The van der Waals surface area contributed by atoms with Crippen LogP contribution in [0.3, 0.4) is 0 Å². The molecule has 144 valence electrons. The highest BCUT2D eigenvalue weighted by molar-refractivity contribution is 5.82. The average Bonchev–Trinajstić information content (AvgIpc) is 2.98. The van der Waals surface area contributed by atoms with E-state index in [2.05, 4.69) is 0 Å². The van der Waals surface area contributed by atoms with Crippen molar-refractivity contribution in [1.82, 2.24) is 4.90 Å². The molecule has 1 aromatic rings. The van der Waals surface area contributed by atoms with Crippen LogP contribution >= 0.6 is 0 Å². The molecule has 0 bridgehead atoms. The Morgan fingerprint density at radius 1 is 1.15 bits per heavy atom. The van der Waals surface area contributed by atoms with E-state index in [1.165, 1.54) is 0 Å². The number of benzene rings is 1. The van der Waals surface area contributed by atoms with Crippen molar-refractivity contribution in [2.24, 2.45) is 5.92 Å². The van der Waals surface area contributed by atoms with Gasteiger partial charge in [-0.2, -0.15) is 13.2 Å². The Labute approximate surface area is 150 Å². The molecule has 1 amide bonds. The minimum absolute atomic E-state index is 0.0744. The molecule has 2 unspecified atom stereocenters. The van der Waals surface area contributed by atoms with E-state index >= 15 is 0 Å². The van der Waals surface area contributed by atoms with Gasteiger partial charge in [0.05, 0.1) is 5.92 Å². The number of halogens is 3. The molecule has 0 saturated carbocycles. The third kappa shape index (κ3) is 5.37. The predicted molar refractivity (Wildman–Crippen MR) is 87.1 cm³/mol. The summed E-state index contributed by atoms with van der Waals surface area (Å²) in [5, 5.41) is 0. The molecule has 2 rings (SSSR count). The van der Waals surface area contributed by atoms with Gasteiger partial charge in [-0.3, -0.25) is 4.90 Å². The SMILES string of the molecule is CC(C)(C)OC(=O)N1CC(C(F)(F)F)CC1C(=O)OCc1ccccc1. The van der Waals surface area contributed by atoms with Crippen LogP contribution in [0.1, 0.15) is 32.8 Å². The van der Waals surface area contributed by atoms with Crippen LogP contribution in [-0.2, 0) is 20.9 Å². The van der Waals surface area contributed by atoms with Gasteiger partial charge in [0, 0.05) is 6.54 Å². The van der Waals surface area contributed by atoms with E-state index in [1.54, 1.807) is 51.1 Å². The normalized spacial score (nSPS) is 20.8. The number of carbonyl (C=O) groups excluding carboxylic acids is 2. The largest absolute Gasteiger partial charge is 0.459 e. The van der Waals surface area contributed by atoms with Gasteiger partial charge in [-0.25, -0.2) is 9.59 Å². The minimum Gasteiger partial charge on any atom is -0.459 e. The summed E-state index contributed by atoms with van der Waals surface area (Å²) in [5.41, 5.74) is -0.179. The molecule has 0 aliphatic carbocycles. The van der Waals surface area contributed by atoms with Gasteiger partial charge in [0.25, 0.3) is 0 Å². The van der Waals surface area contributed by atoms with Gasteiger partial charge in [-0.05, 0) is 32.8 Å². The van der Waals surface area contributed by atoms with Crippen molar-refractivity contribution in [3.05, 3.63) is 35.9 Å². The number of amides is 1. The zero-order chi connectivity index (χ0) is 19.5. The van der Waals surface area contributed by atoms with Crippen molar-refractivity contribution in [1.29, 1.82) is 0 Å². The molecule has 1 aliphatic rings. The third-order valence-corrected chi connectivity index (χ3v) is 3.89. The lowest BCUT2D eigenvalue weighted by atomic mass is 10.1. The van der Waals surface area contributed by atoms with E-state index in [9.17, 15) is 22.8 Å². The molecule has 26 heavy (non-hydrogen) atoms. The van der Waals surface area contributed by atoms with Gasteiger partial charge < -0.3 is 9.47 Å². The Morgan fingerprint density at radius 3 is 2.31 bits per heavy atom. The van der Waals surface area contributed by atoms with E-state index < -0.39 is 48.8 Å². The molecule has 0 radical (unpaired) electrons. The number of ether oxygens (including phenoxy) is 2. The monoisotopic (exact) mass is 373 g/mol. The number of esters is 1. The highest BCUT2D eigenvalue weighted by Gasteiger charge is 2.52. The van der Waals surface area contributed by atoms with Crippen molar-refractivity contribution >= 4 is 12.1 Å². The van der Waals surface area contributed by atoms with Crippen LogP contribution in [0.5, 0.6) is 0 Å². The molecule has 1 saturated heterocycles. The van der Waals surface area contributed by atoms with Crippen LogP contribution < -0.4 is 0 Å². The maximum absolute atomic E-state index is 13.1. The van der Waals surface area contributed by atoms with E-state index in [4.69, 9.17) is 9.47 Å². The van der Waals surface area contributed by atoms with Gasteiger partial charge in [0.1, 0.15) is 18.2 Å². The van der Waals surface area contributed by atoms with Crippen LogP contribution in [0.4, 0.5) is 18.0 Å². The van der Waals surface area contributed by atoms with Gasteiger partial charge >= 0.3 is 18.2 Å². The van der Waals surface area contributed by atoms with Crippen molar-refractivity contribution in [2.45, 2.75) is 51.6 Å². The second-order valence-electron chi connectivity index (χ2n) is 7.22. The lowest BCUT2D eigenvalue weighted by Gasteiger charge is -2.27. The van der Waals surface area contributed by atoms with Crippen molar-refractivity contribution in [3.63, 3.8) is 0 Å². The number of hydrogen-bond donors (Lipinski definition) is 0. The van der Waals surface area contributed by atoms with E-state index in [0.717, 1.165) is 4.90 Å². The molecule has 0 spiro atoms. The summed E-state index contributed by atoms with van der Waals surface area (Å²) in [6.07, 6.45) is -5.99. The highest BCUT2D eigenvalue weighted by atomic mass is 19.4. The van der Waals surface area contributed by atoms with Gasteiger partial charge in [0.15, 0.2) is 0 Å². The highest BCUT2D eigenvalue weighted by Crippen LogP contribution is 2.37. The Kier molecular flexibility index (Phi) is 5.83. The summed E-state index contributed by atoms with van der Waals surface area (Å²) < 4.78 is 49.5. The Bertz CT molecular complexity index is 640. The molecule has 0 aromatic heterocycles. The van der Waals surface area contributed by atoms with Crippen LogP contribution in [-0.4, -0.2) is 41.3 Å². The number of likely N-dealkylation sites (tertiary alicyclic amines) is 1. The number of carbonyl (C=O) groups is 2. The van der Waals surface area contributed by atoms with Crippen LogP contribution in [0.2, 0.25) is 0 Å². The van der Waals surface area contributed by atoms with E-state index in [0.29, 0.717) is 5.56 Å². The molecular formula is C18H22F3NO4. The maximum Gasteiger partial charge on any atom is 0.411 e. The quantitative estimate of drug-likeness (QED) is 0.754. The molecule has 8 heteroatoms. The third-order valence-electron chi connectivity index (χ3n) is 3.89. The smallest absolute Gasteiger partial charge is 0.411 e. The lowest BCUT2D eigenvalue weighted by molar-refractivity contribution is -0.170. The van der Waals surface area contributed by atoms with Gasteiger partial charge in [0.2, 0.25) is 0 Å². The fourth-order valence-corrected chi connectivity index (χ4v) is 2.64. The van der Waals surface area contributed by atoms with Crippen molar-refractivity contribution in [2.75, 3.05) is 6.54 Å². The maximum atomic E-state index is 13.1. The summed E-state index contributed by atoms with van der Waals surface area (Å²) >= 11 is 0. The molecule has 2 atom stereocenters. The molecule has 0 N–H and O–H groups in total. The summed E-state index contributed by atoms with van der Waals surface area (Å²) in [6, 6.07) is 7.44. The first-order valence-electron chi connectivity index (χ1n) is 8.24. The number of nitrogens with zero attached hydrogens (tertiary/aromatic N) is 1. The molecule has 1 aromatic carbocycles. The second-order valence-corrected chi connectivity index (χ2v) is 7.22. The first kappa shape index (κ1) is 20.1.